The highest BCUT2D eigenvalue weighted by molar-refractivity contribution is 9.09. The summed E-state index contributed by atoms with van der Waals surface area (Å²) in [7, 11) is 0. The van der Waals surface area contributed by atoms with Gasteiger partial charge in [-0.15, -0.1) is 0 Å². The molecule has 0 unspecified atom stereocenters. The highest BCUT2D eigenvalue weighted by atomic mass is 79.9. The molecule has 0 saturated carbocycles. The van der Waals surface area contributed by atoms with E-state index in [0.717, 1.165) is 0 Å². The van der Waals surface area contributed by atoms with Gasteiger partial charge in [-0.2, -0.15) is 0 Å². The van der Waals surface area contributed by atoms with Crippen molar-refractivity contribution in [2.45, 2.75) is 0 Å². The van der Waals surface area contributed by atoms with Gasteiger partial charge < -0.3 is 0 Å². The van der Waals surface area contributed by atoms with Gasteiger partial charge >= 0.3 is 0 Å². The molecule has 0 aliphatic carbocycles. The number of Topliss-reactive ketones (excluding diaryl/α,β-unsaturated/α-hetero) is 2. The zero-order chi connectivity index (χ0) is 10.6. The maximum Gasteiger partial charge on any atom is 0.191 e. The number of aromatic nitrogens is 1. The lowest BCUT2D eigenvalue weighted by Gasteiger charge is -1.99. The van der Waals surface area contributed by atoms with E-state index in [1.54, 1.807) is 18.2 Å². The van der Waals surface area contributed by atoms with Crippen LogP contribution in [-0.4, -0.2) is 27.2 Å². The zero-order valence-corrected chi connectivity index (χ0v) is 10.3. The molecule has 5 heteroatoms. The normalized spacial score (nSPS) is 9.86. The molecule has 1 aromatic rings. The van der Waals surface area contributed by atoms with Gasteiger partial charge in [0.1, 0.15) is 11.4 Å². The summed E-state index contributed by atoms with van der Waals surface area (Å²) in [5, 5.41) is 0.428. The molecule has 1 aromatic heterocycles. The predicted octanol–water partition coefficient (Wildman–Crippen LogP) is 2.24. The Kier molecular flexibility index (Phi) is 4.41. The fourth-order valence-corrected chi connectivity index (χ4v) is 1.46. The maximum absolute atomic E-state index is 11.2. The predicted molar refractivity (Wildman–Crippen MR) is 60.5 cm³/mol. The summed E-state index contributed by atoms with van der Waals surface area (Å²) in [6.45, 7) is 0. The number of nitrogens with zero attached hydrogens (tertiary/aromatic N) is 1. The van der Waals surface area contributed by atoms with Crippen molar-refractivity contribution in [2.75, 3.05) is 10.7 Å². The van der Waals surface area contributed by atoms with Gasteiger partial charge in [-0.1, -0.05) is 37.9 Å². The fourth-order valence-electron chi connectivity index (χ4n) is 0.882. The first kappa shape index (κ1) is 11.5. The Labute approximate surface area is 98.2 Å². The van der Waals surface area contributed by atoms with E-state index in [2.05, 4.69) is 36.8 Å². The van der Waals surface area contributed by atoms with Gasteiger partial charge in [0.05, 0.1) is 10.7 Å². The third-order valence-corrected chi connectivity index (χ3v) is 2.58. The highest BCUT2D eigenvalue weighted by Crippen LogP contribution is 2.04. The second kappa shape index (κ2) is 5.36. The minimum Gasteiger partial charge on any atom is -0.291 e. The molecule has 0 N–H and O–H groups in total. The number of carbonyl (C=O) groups excluding carboxylic acids is 2. The standard InChI is InChI=1S/C9H7Br2NO2/c10-4-8(13)6-2-1-3-7(12-6)9(14)5-11/h1-3H,4-5H2. The number of ketones is 2. The van der Waals surface area contributed by atoms with Crippen molar-refractivity contribution in [3.8, 4) is 0 Å². The summed E-state index contributed by atoms with van der Waals surface area (Å²) < 4.78 is 0. The molecule has 0 radical (unpaired) electrons. The smallest absolute Gasteiger partial charge is 0.191 e. The van der Waals surface area contributed by atoms with E-state index in [9.17, 15) is 9.59 Å². The van der Waals surface area contributed by atoms with E-state index in [-0.39, 0.29) is 22.2 Å². The molecular weight excluding hydrogens is 314 g/mol. The van der Waals surface area contributed by atoms with Crippen LogP contribution >= 0.6 is 31.9 Å². The third-order valence-electron chi connectivity index (χ3n) is 1.56. The summed E-state index contributed by atoms with van der Waals surface area (Å²) in [4.78, 5) is 26.4. The van der Waals surface area contributed by atoms with E-state index >= 15 is 0 Å². The monoisotopic (exact) mass is 319 g/mol. The van der Waals surface area contributed by atoms with Gasteiger partial charge in [-0.3, -0.25) is 9.59 Å². The lowest BCUT2D eigenvalue weighted by atomic mass is 10.2. The lowest BCUT2D eigenvalue weighted by Crippen LogP contribution is -2.09. The topological polar surface area (TPSA) is 47.0 Å². The van der Waals surface area contributed by atoms with Gasteiger partial charge in [-0.25, -0.2) is 4.98 Å². The molecule has 1 heterocycles. The lowest BCUT2D eigenvalue weighted by molar-refractivity contribution is 0.101. The van der Waals surface area contributed by atoms with Crippen LogP contribution in [0.25, 0.3) is 0 Å². The molecule has 0 saturated heterocycles. The molecule has 3 nitrogen and oxygen atoms in total. The van der Waals surface area contributed by atoms with Crippen LogP contribution in [0.3, 0.4) is 0 Å². The van der Waals surface area contributed by atoms with E-state index in [4.69, 9.17) is 0 Å². The van der Waals surface area contributed by atoms with Gasteiger partial charge in [0.25, 0.3) is 0 Å². The largest absolute Gasteiger partial charge is 0.291 e. The van der Waals surface area contributed by atoms with Crippen molar-refractivity contribution in [1.82, 2.24) is 4.98 Å². The molecular formula is C9H7Br2NO2. The van der Waals surface area contributed by atoms with E-state index in [1.807, 2.05) is 0 Å². The van der Waals surface area contributed by atoms with Gasteiger partial charge in [0, 0.05) is 0 Å². The molecule has 0 aromatic carbocycles. The number of hydrogen-bond acceptors (Lipinski definition) is 3. The van der Waals surface area contributed by atoms with Crippen molar-refractivity contribution in [1.29, 1.82) is 0 Å². The first-order valence-electron chi connectivity index (χ1n) is 3.84. The molecule has 0 aliphatic heterocycles. The number of rotatable bonds is 4. The number of hydrogen-bond donors (Lipinski definition) is 0. The number of alkyl halides is 2. The Morgan fingerprint density at radius 2 is 1.50 bits per heavy atom. The van der Waals surface area contributed by atoms with Gasteiger partial charge in [-0.05, 0) is 12.1 Å². The molecule has 1 rings (SSSR count). The second-order valence-electron chi connectivity index (χ2n) is 2.52. The molecule has 14 heavy (non-hydrogen) atoms. The second-order valence-corrected chi connectivity index (χ2v) is 3.64. The Morgan fingerprint density at radius 1 is 1.07 bits per heavy atom. The summed E-state index contributed by atoms with van der Waals surface area (Å²) in [5.41, 5.74) is 0.627. The van der Waals surface area contributed by atoms with E-state index in [0.29, 0.717) is 11.4 Å². The summed E-state index contributed by atoms with van der Waals surface area (Å²) in [6, 6.07) is 4.84. The molecule has 74 valence electrons. The van der Waals surface area contributed by atoms with Crippen molar-refractivity contribution in [2.24, 2.45) is 0 Å². The third kappa shape index (κ3) is 2.72. The van der Waals surface area contributed by atoms with Crippen LogP contribution in [0.5, 0.6) is 0 Å². The van der Waals surface area contributed by atoms with Crippen LogP contribution in [0.4, 0.5) is 0 Å². The van der Waals surface area contributed by atoms with Gasteiger partial charge in [0.2, 0.25) is 0 Å². The Bertz CT molecular complexity index is 334. The Balaban J connectivity index is 3.01. The first-order valence-corrected chi connectivity index (χ1v) is 6.08. The minimum atomic E-state index is -0.130. The van der Waals surface area contributed by atoms with Crippen LogP contribution in [-0.2, 0) is 0 Å². The molecule has 0 atom stereocenters. The molecule has 0 bridgehead atoms. The van der Waals surface area contributed by atoms with Crippen LogP contribution < -0.4 is 0 Å². The summed E-state index contributed by atoms with van der Waals surface area (Å²) >= 11 is 6.09. The average Bonchev–Trinajstić information content (AvgIpc) is 2.27. The molecule has 0 fully saturated rings. The summed E-state index contributed by atoms with van der Waals surface area (Å²) in [6.07, 6.45) is 0. The number of carbonyl (C=O) groups is 2. The Hall–Kier alpha value is -0.550. The Morgan fingerprint density at radius 3 is 1.86 bits per heavy atom. The molecule has 0 spiro atoms. The van der Waals surface area contributed by atoms with Crippen LogP contribution in [0.1, 0.15) is 21.0 Å². The first-order chi connectivity index (χ1) is 6.69. The van der Waals surface area contributed by atoms with Gasteiger partial charge in [0.15, 0.2) is 11.6 Å². The quantitative estimate of drug-likeness (QED) is 0.631. The average molecular weight is 321 g/mol. The van der Waals surface area contributed by atoms with Crippen LogP contribution in [0.2, 0.25) is 0 Å². The van der Waals surface area contributed by atoms with Crippen LogP contribution in [0.15, 0.2) is 18.2 Å². The van der Waals surface area contributed by atoms with E-state index in [1.165, 1.54) is 0 Å². The molecule has 0 aliphatic rings. The maximum atomic E-state index is 11.2. The van der Waals surface area contributed by atoms with Crippen molar-refractivity contribution in [3.63, 3.8) is 0 Å². The highest BCUT2D eigenvalue weighted by Gasteiger charge is 2.09. The van der Waals surface area contributed by atoms with Crippen molar-refractivity contribution < 1.29 is 9.59 Å². The number of halogens is 2. The van der Waals surface area contributed by atoms with E-state index < -0.39 is 0 Å². The van der Waals surface area contributed by atoms with Crippen molar-refractivity contribution in [3.05, 3.63) is 29.6 Å². The van der Waals surface area contributed by atoms with Crippen molar-refractivity contribution >= 4 is 43.4 Å². The van der Waals surface area contributed by atoms with Crippen LogP contribution in [0, 0.1) is 0 Å². The fraction of sp³-hybridized carbons (Fsp3) is 0.222. The zero-order valence-electron chi connectivity index (χ0n) is 7.17. The SMILES string of the molecule is O=C(CBr)c1cccc(C(=O)CBr)n1. The minimum absolute atomic E-state index is 0.130. The molecule has 0 amide bonds. The summed E-state index contributed by atoms with van der Waals surface area (Å²) in [5.74, 6) is -0.261. The number of pyridine rings is 1.